The molecule has 1 heterocycles. The molecule has 1 aliphatic rings. The fourth-order valence-corrected chi connectivity index (χ4v) is 1.26. The average molecular weight is 143 g/mol. The van der Waals surface area contributed by atoms with Crippen LogP contribution in [0.3, 0.4) is 0 Å². The van der Waals surface area contributed by atoms with Gasteiger partial charge in [-0.1, -0.05) is 12.1 Å². The van der Waals surface area contributed by atoms with E-state index in [1.165, 1.54) is 10.8 Å². The first kappa shape index (κ1) is 6.35. The third-order valence-electron chi connectivity index (χ3n) is 1.86. The van der Waals surface area contributed by atoms with E-state index in [1.54, 1.807) is 0 Å². The monoisotopic (exact) mass is 143 g/mol. The Balaban J connectivity index is 2.95. The summed E-state index contributed by atoms with van der Waals surface area (Å²) in [6.07, 6.45) is 5.88. The molecule has 0 aromatic heterocycles. The summed E-state index contributed by atoms with van der Waals surface area (Å²) in [6, 6.07) is 6.16. The van der Waals surface area contributed by atoms with Crippen molar-refractivity contribution in [3.8, 4) is 0 Å². The predicted molar refractivity (Wildman–Crippen MR) is 45.3 cm³/mol. The number of aryl methyl sites for hydroxylation is 1. The van der Waals surface area contributed by atoms with Gasteiger partial charge in [0.25, 0.3) is 5.36 Å². The van der Waals surface area contributed by atoms with E-state index in [0.29, 0.717) is 0 Å². The molecule has 1 heteroatoms. The fraction of sp³-hybridized carbons (Fsp3) is 0.100. The van der Waals surface area contributed by atoms with Gasteiger partial charge in [0.1, 0.15) is 0 Å². The van der Waals surface area contributed by atoms with Crippen LogP contribution in [-0.2, 0) is 0 Å². The summed E-state index contributed by atoms with van der Waals surface area (Å²) in [5.74, 6) is 0. The van der Waals surface area contributed by atoms with Crippen LogP contribution in [0.1, 0.15) is 5.56 Å². The van der Waals surface area contributed by atoms with Gasteiger partial charge >= 0.3 is 0 Å². The van der Waals surface area contributed by atoms with Crippen molar-refractivity contribution in [3.05, 3.63) is 46.6 Å². The number of rotatable bonds is 0. The van der Waals surface area contributed by atoms with E-state index in [1.807, 2.05) is 24.4 Å². The standard InChI is InChI=1S/C10H9N/c1-8-4-2-6-10-9(8)5-3-7-11-10/h2-7H,1H3/q+1. The van der Waals surface area contributed by atoms with Gasteiger partial charge in [0.15, 0.2) is 0 Å². The van der Waals surface area contributed by atoms with Crippen molar-refractivity contribution in [1.29, 1.82) is 0 Å². The molecule has 1 aromatic carbocycles. The van der Waals surface area contributed by atoms with Crippen LogP contribution in [-0.4, -0.2) is 0 Å². The minimum absolute atomic E-state index is 1.08. The van der Waals surface area contributed by atoms with Crippen molar-refractivity contribution in [2.24, 2.45) is 0 Å². The Labute approximate surface area is 65.4 Å². The predicted octanol–water partition coefficient (Wildman–Crippen LogP) is 0.258. The Morgan fingerprint density at radius 1 is 1.27 bits per heavy atom. The van der Waals surface area contributed by atoms with Gasteiger partial charge in [0.2, 0.25) is 6.20 Å². The lowest BCUT2D eigenvalue weighted by Gasteiger charge is -1.89. The zero-order valence-electron chi connectivity index (χ0n) is 6.41. The van der Waals surface area contributed by atoms with Crippen molar-refractivity contribution in [3.63, 3.8) is 0 Å². The number of hydrogen-bond donors (Lipinski definition) is 0. The Morgan fingerprint density at radius 2 is 2.18 bits per heavy atom. The topological polar surface area (TPSA) is 14.1 Å². The lowest BCUT2D eigenvalue weighted by Crippen LogP contribution is -2.32. The maximum absolute atomic E-state index is 4.24. The van der Waals surface area contributed by atoms with E-state index in [2.05, 4.69) is 24.1 Å². The number of benzene rings is 1. The van der Waals surface area contributed by atoms with Gasteiger partial charge in [-0.2, -0.15) is 0 Å². The van der Waals surface area contributed by atoms with Crippen molar-refractivity contribution >= 4 is 6.08 Å². The molecule has 0 spiro atoms. The van der Waals surface area contributed by atoms with E-state index >= 15 is 0 Å². The van der Waals surface area contributed by atoms with Crippen molar-refractivity contribution in [1.82, 2.24) is 4.99 Å². The van der Waals surface area contributed by atoms with Gasteiger partial charge in [-0.25, -0.2) is 0 Å². The quantitative estimate of drug-likeness (QED) is 0.494. The number of hydrogen-bond acceptors (Lipinski definition) is 1. The van der Waals surface area contributed by atoms with Crippen LogP contribution < -0.4 is 15.6 Å². The van der Waals surface area contributed by atoms with Crippen molar-refractivity contribution in [2.75, 3.05) is 0 Å². The Hall–Kier alpha value is -1.37. The van der Waals surface area contributed by atoms with Crippen LogP contribution in [0.15, 0.2) is 30.5 Å². The maximum atomic E-state index is 4.24. The highest BCUT2D eigenvalue weighted by Crippen LogP contribution is 1.85. The first-order valence-corrected chi connectivity index (χ1v) is 3.68. The van der Waals surface area contributed by atoms with Crippen molar-refractivity contribution < 1.29 is 0 Å². The molecule has 11 heavy (non-hydrogen) atoms. The summed E-state index contributed by atoms with van der Waals surface area (Å²) in [5.41, 5.74) is 1.29. The van der Waals surface area contributed by atoms with E-state index in [4.69, 9.17) is 0 Å². The summed E-state index contributed by atoms with van der Waals surface area (Å²) in [4.78, 5) is 4.24. The second-order valence-electron chi connectivity index (χ2n) is 2.64. The summed E-state index contributed by atoms with van der Waals surface area (Å²) < 4.78 is 0. The van der Waals surface area contributed by atoms with Crippen molar-refractivity contribution in [2.45, 2.75) is 6.92 Å². The molecule has 1 aromatic rings. The minimum Gasteiger partial charge on any atom is -0.0582 e. The molecule has 1 radical (unpaired) electrons. The first-order chi connectivity index (χ1) is 5.38. The van der Waals surface area contributed by atoms with Crippen LogP contribution in [0, 0.1) is 6.92 Å². The summed E-state index contributed by atoms with van der Waals surface area (Å²) in [6.45, 7) is 2.10. The summed E-state index contributed by atoms with van der Waals surface area (Å²) >= 11 is 0. The van der Waals surface area contributed by atoms with Gasteiger partial charge in [0.05, 0.1) is 10.2 Å². The van der Waals surface area contributed by atoms with E-state index in [0.717, 1.165) is 5.36 Å². The lowest BCUT2D eigenvalue weighted by atomic mass is 10.1. The molecular formula is C10H9N+. The molecule has 2 rings (SSSR count). The van der Waals surface area contributed by atoms with E-state index < -0.39 is 0 Å². The maximum Gasteiger partial charge on any atom is 0.284 e. The van der Waals surface area contributed by atoms with Crippen LogP contribution in [0.4, 0.5) is 0 Å². The van der Waals surface area contributed by atoms with Gasteiger partial charge in [-0.05, 0) is 18.6 Å². The van der Waals surface area contributed by atoms with E-state index in [-0.39, 0.29) is 0 Å². The van der Waals surface area contributed by atoms with Gasteiger partial charge in [0, 0.05) is 12.1 Å². The normalized spacial score (nSPS) is 13.2. The zero-order valence-corrected chi connectivity index (χ0v) is 6.41. The number of fused-ring (bicyclic) bond motifs is 1. The number of allylic oxidation sites excluding steroid dienone is 1. The van der Waals surface area contributed by atoms with Crippen LogP contribution in [0.2, 0.25) is 0 Å². The molecular weight excluding hydrogens is 134 g/mol. The molecule has 0 aliphatic carbocycles. The molecule has 53 valence electrons. The second kappa shape index (κ2) is 2.35. The van der Waals surface area contributed by atoms with Gasteiger partial charge < -0.3 is 0 Å². The highest BCUT2D eigenvalue weighted by molar-refractivity contribution is 5.40. The minimum atomic E-state index is 1.08. The Bertz CT molecular complexity index is 413. The molecule has 0 unspecified atom stereocenters. The zero-order chi connectivity index (χ0) is 7.68. The van der Waals surface area contributed by atoms with Gasteiger partial charge in [-0.3, -0.25) is 0 Å². The van der Waals surface area contributed by atoms with E-state index in [9.17, 15) is 0 Å². The molecule has 0 saturated heterocycles. The molecule has 0 bridgehead atoms. The lowest BCUT2D eigenvalue weighted by molar-refractivity contribution is 1.15. The summed E-state index contributed by atoms with van der Waals surface area (Å²) in [7, 11) is 0. The number of nitrogens with zero attached hydrogens (tertiary/aromatic N) is 1. The molecule has 0 amide bonds. The highest BCUT2D eigenvalue weighted by atomic mass is 14.7. The fourth-order valence-electron chi connectivity index (χ4n) is 1.26. The third kappa shape index (κ3) is 0.984. The largest absolute Gasteiger partial charge is 0.284 e. The second-order valence-corrected chi connectivity index (χ2v) is 2.64. The Kier molecular flexibility index (Phi) is 1.35. The summed E-state index contributed by atoms with van der Waals surface area (Å²) in [5, 5.41) is 2.32. The Morgan fingerprint density at radius 3 is 3.00 bits per heavy atom. The molecule has 0 N–H and O–H groups in total. The average Bonchev–Trinajstić information content (AvgIpc) is 2.06. The molecule has 1 aliphatic heterocycles. The molecule has 0 atom stereocenters. The first-order valence-electron chi connectivity index (χ1n) is 3.68. The van der Waals surface area contributed by atoms with Gasteiger partial charge in [-0.15, -0.1) is 0 Å². The smallest absolute Gasteiger partial charge is 0.0582 e. The molecule has 1 nitrogen and oxygen atoms in total. The molecule has 0 saturated carbocycles. The molecule has 0 fully saturated rings. The SMILES string of the molecule is Cc1cccc2c1=CC=C[N+]=2. The third-order valence-corrected chi connectivity index (χ3v) is 1.86. The van der Waals surface area contributed by atoms with Crippen LogP contribution in [0.25, 0.3) is 6.08 Å². The highest BCUT2D eigenvalue weighted by Gasteiger charge is 2.00. The van der Waals surface area contributed by atoms with Crippen LogP contribution >= 0.6 is 0 Å². The van der Waals surface area contributed by atoms with Crippen LogP contribution in [0.5, 0.6) is 0 Å².